The minimum absolute atomic E-state index is 0.0324. The molecule has 0 saturated carbocycles. The monoisotopic (exact) mass is 87.1 g/mol. The minimum atomic E-state index is 0.0324. The molecule has 36 valence electrons. The lowest BCUT2D eigenvalue weighted by Crippen LogP contribution is -2.10. The van der Waals surface area contributed by atoms with Gasteiger partial charge < -0.3 is 10.5 Å². The van der Waals surface area contributed by atoms with Gasteiger partial charge in [-0.05, 0) is 0 Å². The lowest BCUT2D eigenvalue weighted by Gasteiger charge is -1.90. The Morgan fingerprint density at radius 2 is 2.50 bits per heavy atom. The van der Waals surface area contributed by atoms with Crippen LogP contribution in [0.2, 0.25) is 0 Å². The van der Waals surface area contributed by atoms with E-state index >= 15 is 0 Å². The highest BCUT2D eigenvalue weighted by Gasteiger charge is 1.89. The Morgan fingerprint density at radius 1 is 2.00 bits per heavy atom. The molecule has 0 aromatic heterocycles. The van der Waals surface area contributed by atoms with E-state index < -0.39 is 0 Å². The predicted octanol–water partition coefficient (Wildman–Crippen LogP) is -0.220. The van der Waals surface area contributed by atoms with Gasteiger partial charge in [0.05, 0.1) is 0 Å². The summed E-state index contributed by atoms with van der Waals surface area (Å²) in [6.07, 6.45) is 0.847. The summed E-state index contributed by atoms with van der Waals surface area (Å²) in [7, 11) is 0. The van der Waals surface area contributed by atoms with Crippen LogP contribution in [-0.4, -0.2) is 12.8 Å². The summed E-state index contributed by atoms with van der Waals surface area (Å²) < 4.78 is 0. The van der Waals surface area contributed by atoms with Crippen molar-refractivity contribution in [2.75, 3.05) is 6.54 Å². The summed E-state index contributed by atoms with van der Waals surface area (Å²) in [5.41, 5.74) is 5.05. The summed E-state index contributed by atoms with van der Waals surface area (Å²) in [5, 5.41) is 0. The third kappa shape index (κ3) is 1.91. The zero-order chi connectivity index (χ0) is 4.99. The van der Waals surface area contributed by atoms with Gasteiger partial charge in [-0.15, -0.1) is 0 Å². The largest absolute Gasteiger partial charge is 0.330 e. The number of rotatable bonds is 2. The van der Waals surface area contributed by atoms with E-state index in [1.807, 2.05) is 0 Å². The normalized spacial score (nSPS) is 13.7. The van der Waals surface area contributed by atoms with Crippen LogP contribution >= 0.6 is 0 Å². The highest BCUT2D eigenvalue weighted by molar-refractivity contribution is 5.52. The van der Waals surface area contributed by atoms with Gasteiger partial charge in [-0.3, -0.25) is 0 Å². The number of hydrogen-bond donors (Lipinski definition) is 1. The van der Waals surface area contributed by atoms with E-state index in [0.717, 1.165) is 6.29 Å². The van der Waals surface area contributed by atoms with Crippen molar-refractivity contribution in [3.8, 4) is 0 Å². The number of carbonyl (C=O) groups is 1. The smallest absolute Gasteiger partial charge is 0.124 e. The van der Waals surface area contributed by atoms with E-state index in [2.05, 4.69) is 0 Å². The molecule has 2 nitrogen and oxygen atoms in total. The second-order valence-electron chi connectivity index (χ2n) is 1.35. The van der Waals surface area contributed by atoms with Crippen LogP contribution in [0, 0.1) is 5.92 Å². The molecule has 2 heteroatoms. The van der Waals surface area contributed by atoms with Crippen LogP contribution in [0.1, 0.15) is 6.92 Å². The zero-order valence-corrected chi connectivity index (χ0v) is 3.85. The first-order valence-electron chi connectivity index (χ1n) is 1.96. The molecule has 0 unspecified atom stereocenters. The fourth-order valence-corrected chi connectivity index (χ4v) is 0.0556. The molecule has 0 fully saturated rings. The topological polar surface area (TPSA) is 43.1 Å². The van der Waals surface area contributed by atoms with Crippen molar-refractivity contribution in [1.29, 1.82) is 0 Å². The standard InChI is InChI=1S/C4H9NO/c1-4(2-5)3-6/h3-4H,2,5H2,1H3/t4-/m1/s1. The van der Waals surface area contributed by atoms with Crippen molar-refractivity contribution in [1.82, 2.24) is 0 Å². The molecular weight excluding hydrogens is 78.1 g/mol. The fourth-order valence-electron chi connectivity index (χ4n) is 0.0556. The maximum absolute atomic E-state index is 9.66. The highest BCUT2D eigenvalue weighted by Crippen LogP contribution is 1.78. The molecule has 1 atom stereocenters. The summed E-state index contributed by atoms with van der Waals surface area (Å²) in [4.78, 5) is 9.66. The molecule has 0 aromatic rings. The van der Waals surface area contributed by atoms with Gasteiger partial charge in [-0.2, -0.15) is 0 Å². The Hall–Kier alpha value is -0.370. The zero-order valence-electron chi connectivity index (χ0n) is 3.85. The van der Waals surface area contributed by atoms with Gasteiger partial charge in [-0.25, -0.2) is 0 Å². The van der Waals surface area contributed by atoms with Gasteiger partial charge in [0, 0.05) is 12.5 Å². The van der Waals surface area contributed by atoms with E-state index in [4.69, 9.17) is 5.73 Å². The first-order chi connectivity index (χ1) is 2.81. The van der Waals surface area contributed by atoms with Crippen LogP contribution in [-0.2, 0) is 4.79 Å². The van der Waals surface area contributed by atoms with Crippen LogP contribution in [0.25, 0.3) is 0 Å². The average molecular weight is 87.1 g/mol. The van der Waals surface area contributed by atoms with Crippen molar-refractivity contribution in [3.05, 3.63) is 0 Å². The van der Waals surface area contributed by atoms with Crippen molar-refractivity contribution in [2.24, 2.45) is 11.7 Å². The van der Waals surface area contributed by atoms with Gasteiger partial charge in [0.25, 0.3) is 0 Å². The Kier molecular flexibility index (Phi) is 2.67. The summed E-state index contributed by atoms with van der Waals surface area (Å²) in [5.74, 6) is 0.0324. The van der Waals surface area contributed by atoms with E-state index in [1.165, 1.54) is 0 Å². The first kappa shape index (κ1) is 5.63. The molecule has 0 spiro atoms. The van der Waals surface area contributed by atoms with E-state index in [-0.39, 0.29) is 5.92 Å². The Balaban J connectivity index is 2.96. The Morgan fingerprint density at radius 3 is 2.50 bits per heavy atom. The minimum Gasteiger partial charge on any atom is -0.330 e. The lowest BCUT2D eigenvalue weighted by molar-refractivity contribution is -0.110. The molecule has 0 radical (unpaired) electrons. The third-order valence-corrected chi connectivity index (χ3v) is 0.604. The second-order valence-corrected chi connectivity index (χ2v) is 1.35. The van der Waals surface area contributed by atoms with Crippen molar-refractivity contribution < 1.29 is 4.79 Å². The first-order valence-corrected chi connectivity index (χ1v) is 1.96. The van der Waals surface area contributed by atoms with E-state index in [9.17, 15) is 4.79 Å². The number of carbonyl (C=O) groups excluding carboxylic acids is 1. The Labute approximate surface area is 37.3 Å². The summed E-state index contributed by atoms with van der Waals surface area (Å²) in [6.45, 7) is 2.25. The molecule has 0 aromatic carbocycles. The molecule has 0 heterocycles. The molecule has 0 amide bonds. The maximum atomic E-state index is 9.66. The third-order valence-electron chi connectivity index (χ3n) is 0.604. The van der Waals surface area contributed by atoms with Crippen molar-refractivity contribution >= 4 is 6.29 Å². The number of aldehydes is 1. The van der Waals surface area contributed by atoms with Crippen molar-refractivity contribution in [2.45, 2.75) is 6.92 Å². The summed E-state index contributed by atoms with van der Waals surface area (Å²) in [6, 6.07) is 0. The fraction of sp³-hybridized carbons (Fsp3) is 0.750. The molecule has 0 bridgehead atoms. The van der Waals surface area contributed by atoms with Gasteiger partial charge in [0.1, 0.15) is 6.29 Å². The SMILES string of the molecule is C[C@@H](C=O)CN. The van der Waals surface area contributed by atoms with Crippen LogP contribution in [0.4, 0.5) is 0 Å². The van der Waals surface area contributed by atoms with Gasteiger partial charge in [0.15, 0.2) is 0 Å². The van der Waals surface area contributed by atoms with Crippen LogP contribution in [0.15, 0.2) is 0 Å². The molecule has 0 saturated heterocycles. The van der Waals surface area contributed by atoms with Gasteiger partial charge in [0.2, 0.25) is 0 Å². The highest BCUT2D eigenvalue weighted by atomic mass is 16.1. The second kappa shape index (κ2) is 2.85. The van der Waals surface area contributed by atoms with Crippen LogP contribution in [0.3, 0.4) is 0 Å². The van der Waals surface area contributed by atoms with Gasteiger partial charge >= 0.3 is 0 Å². The quantitative estimate of drug-likeness (QED) is 0.473. The summed E-state index contributed by atoms with van der Waals surface area (Å²) >= 11 is 0. The Bertz CT molecular complexity index is 44.8. The van der Waals surface area contributed by atoms with Crippen LogP contribution < -0.4 is 5.73 Å². The molecule has 0 rings (SSSR count). The molecule has 6 heavy (non-hydrogen) atoms. The molecular formula is C4H9NO. The molecule has 0 aliphatic heterocycles. The van der Waals surface area contributed by atoms with Gasteiger partial charge in [-0.1, -0.05) is 6.92 Å². The van der Waals surface area contributed by atoms with E-state index in [1.54, 1.807) is 6.92 Å². The number of hydrogen-bond acceptors (Lipinski definition) is 2. The molecule has 2 N–H and O–H groups in total. The predicted molar refractivity (Wildman–Crippen MR) is 24.3 cm³/mol. The average Bonchev–Trinajstić information content (AvgIpc) is 1.65. The number of nitrogens with two attached hydrogens (primary N) is 1. The van der Waals surface area contributed by atoms with Crippen LogP contribution in [0.5, 0.6) is 0 Å². The van der Waals surface area contributed by atoms with E-state index in [0.29, 0.717) is 6.54 Å². The lowest BCUT2D eigenvalue weighted by atomic mass is 10.2. The molecule has 0 aliphatic rings. The molecule has 0 aliphatic carbocycles. The maximum Gasteiger partial charge on any atom is 0.124 e. The van der Waals surface area contributed by atoms with Crippen molar-refractivity contribution in [3.63, 3.8) is 0 Å².